The predicted molar refractivity (Wildman–Crippen MR) is 101 cm³/mol. The minimum atomic E-state index is -3.99. The highest BCUT2D eigenvalue weighted by Crippen LogP contribution is 2.47. The summed E-state index contributed by atoms with van der Waals surface area (Å²) < 4.78 is 16.7. The van der Waals surface area contributed by atoms with Gasteiger partial charge in [-0.2, -0.15) is 0 Å². The molecule has 0 saturated carbocycles. The molecule has 0 heterocycles. The summed E-state index contributed by atoms with van der Waals surface area (Å²) in [6, 6.07) is 0. The van der Waals surface area contributed by atoms with Crippen LogP contribution >= 0.6 is 7.60 Å². The number of nitrogens with two attached hydrogens (primary N) is 1. The fourth-order valence-corrected chi connectivity index (χ4v) is 3.81. The van der Waals surface area contributed by atoms with Gasteiger partial charge in [0.1, 0.15) is 0 Å². The van der Waals surface area contributed by atoms with Crippen molar-refractivity contribution in [3.8, 4) is 0 Å². The van der Waals surface area contributed by atoms with Gasteiger partial charge < -0.3 is 20.3 Å². The van der Waals surface area contributed by atoms with Crippen molar-refractivity contribution in [2.45, 2.75) is 109 Å². The standard InChI is InChI=1S/C18H40NO4P/c1-3-4-5-6-7-8-9-10-11-12-13-14-15-17(2)23-24(21,22)18(20)16-19/h17-18,20H,3-16,19H2,1-2H3,(H,21,22). The molecule has 0 rings (SSSR count). The zero-order chi connectivity index (χ0) is 18.3. The average Bonchev–Trinajstić information content (AvgIpc) is 2.54. The molecule has 3 unspecified atom stereocenters. The topological polar surface area (TPSA) is 92.8 Å². The van der Waals surface area contributed by atoms with Crippen LogP contribution < -0.4 is 5.73 Å². The van der Waals surface area contributed by atoms with Gasteiger partial charge in [-0.1, -0.05) is 84.0 Å². The third-order valence-electron chi connectivity index (χ3n) is 4.38. The fourth-order valence-electron chi connectivity index (χ4n) is 2.79. The summed E-state index contributed by atoms with van der Waals surface area (Å²) in [5.41, 5.74) is 5.19. The molecule has 24 heavy (non-hydrogen) atoms. The molecule has 3 atom stereocenters. The maximum absolute atomic E-state index is 11.7. The highest BCUT2D eigenvalue weighted by molar-refractivity contribution is 7.53. The number of rotatable bonds is 17. The van der Waals surface area contributed by atoms with Crippen LogP contribution in [-0.4, -0.2) is 28.5 Å². The molecule has 0 aliphatic rings. The quantitative estimate of drug-likeness (QED) is 0.251. The molecule has 146 valence electrons. The minimum Gasteiger partial charge on any atom is -0.379 e. The first-order valence-electron chi connectivity index (χ1n) is 9.83. The molecule has 0 saturated heterocycles. The first-order chi connectivity index (χ1) is 11.4. The van der Waals surface area contributed by atoms with Crippen molar-refractivity contribution in [3.63, 3.8) is 0 Å². The van der Waals surface area contributed by atoms with Crippen LogP contribution in [-0.2, 0) is 9.09 Å². The SMILES string of the molecule is CCCCCCCCCCCCCCC(C)OP(=O)(O)C(O)CN. The lowest BCUT2D eigenvalue weighted by Gasteiger charge is -2.21. The Bertz CT molecular complexity index is 328. The molecule has 0 amide bonds. The van der Waals surface area contributed by atoms with Gasteiger partial charge in [0.25, 0.3) is 0 Å². The van der Waals surface area contributed by atoms with Crippen molar-refractivity contribution in [1.29, 1.82) is 0 Å². The second-order valence-corrected chi connectivity index (χ2v) is 8.81. The molecule has 0 fully saturated rings. The van der Waals surface area contributed by atoms with Gasteiger partial charge in [-0.3, -0.25) is 4.57 Å². The lowest BCUT2D eigenvalue weighted by Crippen LogP contribution is -2.22. The summed E-state index contributed by atoms with van der Waals surface area (Å²) in [5.74, 6) is -1.48. The molecule has 0 aliphatic heterocycles. The fraction of sp³-hybridized carbons (Fsp3) is 1.00. The Balaban J connectivity index is 3.42. The molecule has 0 aromatic carbocycles. The maximum Gasteiger partial charge on any atom is 0.357 e. The van der Waals surface area contributed by atoms with Crippen molar-refractivity contribution in [2.24, 2.45) is 5.73 Å². The van der Waals surface area contributed by atoms with Gasteiger partial charge in [0.05, 0.1) is 6.10 Å². The van der Waals surface area contributed by atoms with Crippen molar-refractivity contribution >= 4 is 7.60 Å². The zero-order valence-corrected chi connectivity index (χ0v) is 16.7. The molecule has 0 spiro atoms. The number of hydrogen-bond donors (Lipinski definition) is 3. The van der Waals surface area contributed by atoms with Crippen LogP contribution in [0.5, 0.6) is 0 Å². The van der Waals surface area contributed by atoms with Crippen LogP contribution in [0.1, 0.15) is 97.3 Å². The van der Waals surface area contributed by atoms with Crippen molar-refractivity contribution in [2.75, 3.05) is 6.54 Å². The van der Waals surface area contributed by atoms with Gasteiger partial charge in [-0.05, 0) is 13.3 Å². The summed E-state index contributed by atoms with van der Waals surface area (Å²) in [5, 5.41) is 9.34. The molecule has 6 heteroatoms. The summed E-state index contributed by atoms with van der Waals surface area (Å²) in [6.45, 7) is 3.75. The second-order valence-electron chi connectivity index (χ2n) is 6.87. The smallest absolute Gasteiger partial charge is 0.357 e. The molecule has 0 aliphatic carbocycles. The number of aliphatic hydroxyl groups excluding tert-OH is 1. The summed E-state index contributed by atoms with van der Waals surface area (Å²) in [4.78, 5) is 9.55. The van der Waals surface area contributed by atoms with Gasteiger partial charge in [0, 0.05) is 6.54 Å². The van der Waals surface area contributed by atoms with Crippen molar-refractivity contribution in [3.05, 3.63) is 0 Å². The molecule has 5 nitrogen and oxygen atoms in total. The van der Waals surface area contributed by atoms with Crippen LogP contribution in [0.3, 0.4) is 0 Å². The highest BCUT2D eigenvalue weighted by atomic mass is 31.2. The van der Waals surface area contributed by atoms with E-state index in [-0.39, 0.29) is 12.6 Å². The van der Waals surface area contributed by atoms with Gasteiger partial charge in [0.2, 0.25) is 0 Å². The Morgan fingerprint density at radius 3 is 1.75 bits per heavy atom. The van der Waals surface area contributed by atoms with E-state index in [9.17, 15) is 14.6 Å². The van der Waals surface area contributed by atoms with Gasteiger partial charge in [-0.25, -0.2) is 0 Å². The molecule has 0 aromatic heterocycles. The van der Waals surface area contributed by atoms with E-state index >= 15 is 0 Å². The molecular weight excluding hydrogens is 325 g/mol. The number of hydrogen-bond acceptors (Lipinski definition) is 4. The molecule has 0 aromatic rings. The monoisotopic (exact) mass is 365 g/mol. The Morgan fingerprint density at radius 2 is 1.33 bits per heavy atom. The number of unbranched alkanes of at least 4 members (excludes halogenated alkanes) is 11. The normalized spacial score (nSPS) is 16.7. The largest absolute Gasteiger partial charge is 0.379 e. The van der Waals surface area contributed by atoms with E-state index in [4.69, 9.17) is 10.3 Å². The molecule has 0 radical (unpaired) electrons. The van der Waals surface area contributed by atoms with Gasteiger partial charge >= 0.3 is 7.60 Å². The third kappa shape index (κ3) is 13.4. The van der Waals surface area contributed by atoms with E-state index < -0.39 is 13.4 Å². The van der Waals surface area contributed by atoms with E-state index in [0.717, 1.165) is 19.3 Å². The van der Waals surface area contributed by atoms with Crippen molar-refractivity contribution < 1.29 is 19.1 Å². The highest BCUT2D eigenvalue weighted by Gasteiger charge is 2.31. The summed E-state index contributed by atoms with van der Waals surface area (Å²) >= 11 is 0. The Labute approximate surface area is 148 Å². The minimum absolute atomic E-state index is 0.265. The predicted octanol–water partition coefficient (Wildman–Crippen LogP) is 4.95. The van der Waals surface area contributed by atoms with Gasteiger partial charge in [-0.15, -0.1) is 0 Å². The number of aliphatic hydroxyl groups is 1. The lowest BCUT2D eigenvalue weighted by atomic mass is 10.0. The van der Waals surface area contributed by atoms with E-state index in [0.29, 0.717) is 0 Å². The Hall–Kier alpha value is 0.0700. The third-order valence-corrected chi connectivity index (χ3v) is 6.01. The maximum atomic E-state index is 11.7. The second kappa shape index (κ2) is 15.3. The van der Waals surface area contributed by atoms with E-state index in [1.54, 1.807) is 6.92 Å². The molecule has 0 bridgehead atoms. The Morgan fingerprint density at radius 1 is 0.917 bits per heavy atom. The summed E-state index contributed by atoms with van der Waals surface area (Å²) in [6.07, 6.45) is 15.9. The van der Waals surface area contributed by atoms with E-state index in [1.807, 2.05) is 0 Å². The molecular formula is C18H40NO4P. The average molecular weight is 365 g/mol. The van der Waals surface area contributed by atoms with E-state index in [1.165, 1.54) is 64.2 Å². The Kier molecular flexibility index (Phi) is 15.4. The zero-order valence-electron chi connectivity index (χ0n) is 15.8. The van der Waals surface area contributed by atoms with Gasteiger partial charge in [0.15, 0.2) is 5.85 Å². The van der Waals surface area contributed by atoms with Crippen LogP contribution in [0.4, 0.5) is 0 Å². The lowest BCUT2D eigenvalue weighted by molar-refractivity contribution is 0.134. The van der Waals surface area contributed by atoms with Crippen LogP contribution in [0.25, 0.3) is 0 Å². The van der Waals surface area contributed by atoms with E-state index in [2.05, 4.69) is 6.92 Å². The summed E-state index contributed by atoms with van der Waals surface area (Å²) in [7, 11) is -3.99. The van der Waals surface area contributed by atoms with Crippen LogP contribution in [0.2, 0.25) is 0 Å². The van der Waals surface area contributed by atoms with Crippen molar-refractivity contribution in [1.82, 2.24) is 0 Å². The first kappa shape index (κ1) is 24.1. The first-order valence-corrected chi connectivity index (χ1v) is 11.5. The molecule has 4 N–H and O–H groups in total. The van der Waals surface area contributed by atoms with Crippen LogP contribution in [0.15, 0.2) is 0 Å². The van der Waals surface area contributed by atoms with Crippen LogP contribution in [0, 0.1) is 0 Å².